The molecule has 0 atom stereocenters. The molecule has 2 aromatic carbocycles. The van der Waals surface area contributed by atoms with E-state index in [4.69, 9.17) is 0 Å². The van der Waals surface area contributed by atoms with Crippen molar-refractivity contribution in [1.29, 1.82) is 0 Å². The van der Waals surface area contributed by atoms with Gasteiger partial charge in [-0.3, -0.25) is 4.39 Å². The number of fused-ring (bicyclic) bond motifs is 1. The summed E-state index contributed by atoms with van der Waals surface area (Å²) in [5.41, 5.74) is 4.05. The van der Waals surface area contributed by atoms with Gasteiger partial charge in [-0.1, -0.05) is 36.4 Å². The summed E-state index contributed by atoms with van der Waals surface area (Å²) < 4.78 is 12.1. The highest BCUT2D eigenvalue weighted by Gasteiger charge is 2.01. The van der Waals surface area contributed by atoms with E-state index >= 15 is 0 Å². The fraction of sp³-hybridized carbons (Fsp3) is 0.167. The zero-order valence-corrected chi connectivity index (χ0v) is 11.7. The molecule has 2 nitrogen and oxygen atoms in total. The van der Waals surface area contributed by atoms with Crippen LogP contribution in [-0.2, 0) is 0 Å². The van der Waals surface area contributed by atoms with E-state index in [1.165, 1.54) is 0 Å². The van der Waals surface area contributed by atoms with Crippen molar-refractivity contribution in [2.75, 3.05) is 18.5 Å². The zero-order valence-electron chi connectivity index (χ0n) is 11.7. The Labute approximate surface area is 123 Å². The molecule has 1 heterocycles. The number of para-hydroxylation sites is 1. The molecule has 3 heteroatoms. The quantitative estimate of drug-likeness (QED) is 0.687. The summed E-state index contributed by atoms with van der Waals surface area (Å²) in [7, 11) is 0. The summed E-state index contributed by atoms with van der Waals surface area (Å²) >= 11 is 0. The second kappa shape index (κ2) is 6.35. The minimum atomic E-state index is -0.286. The number of hydrogen-bond acceptors (Lipinski definition) is 2. The summed E-state index contributed by atoms with van der Waals surface area (Å²) in [4.78, 5) is 4.68. The molecule has 1 aromatic heterocycles. The van der Waals surface area contributed by atoms with Gasteiger partial charge in [-0.25, -0.2) is 4.98 Å². The molecule has 0 spiro atoms. The lowest BCUT2D eigenvalue weighted by molar-refractivity contribution is 0.481. The number of halogens is 1. The Kier molecular flexibility index (Phi) is 4.10. The lowest BCUT2D eigenvalue weighted by Crippen LogP contribution is -2.01. The number of nitrogens with one attached hydrogen (secondary N) is 1. The van der Waals surface area contributed by atoms with Crippen molar-refractivity contribution in [2.45, 2.75) is 6.42 Å². The molecule has 3 aromatic rings. The number of nitrogens with zero attached hydrogens (tertiary/aromatic N) is 1. The molecule has 3 rings (SSSR count). The van der Waals surface area contributed by atoms with Gasteiger partial charge in [-0.05, 0) is 30.7 Å². The summed E-state index contributed by atoms with van der Waals surface area (Å²) in [6, 6.07) is 20.3. The van der Waals surface area contributed by atoms with Crippen LogP contribution in [0.3, 0.4) is 0 Å². The van der Waals surface area contributed by atoms with Gasteiger partial charge in [0.25, 0.3) is 0 Å². The number of benzene rings is 2. The van der Waals surface area contributed by atoms with Crippen LogP contribution in [0.15, 0.2) is 60.7 Å². The van der Waals surface area contributed by atoms with Gasteiger partial charge >= 0.3 is 0 Å². The predicted molar refractivity (Wildman–Crippen MR) is 86.3 cm³/mol. The first-order chi connectivity index (χ1) is 10.4. The Morgan fingerprint density at radius 3 is 2.52 bits per heavy atom. The molecule has 0 amide bonds. The highest BCUT2D eigenvalue weighted by Crippen LogP contribution is 2.22. The number of anilines is 1. The molecule has 0 aliphatic carbocycles. The Hall–Kier alpha value is -2.42. The number of rotatable bonds is 5. The van der Waals surface area contributed by atoms with Gasteiger partial charge in [-0.15, -0.1) is 0 Å². The van der Waals surface area contributed by atoms with E-state index in [0.717, 1.165) is 27.8 Å². The molecular formula is C18H17FN2. The maximum atomic E-state index is 12.1. The number of aromatic nitrogens is 1. The Morgan fingerprint density at radius 2 is 1.71 bits per heavy atom. The predicted octanol–water partition coefficient (Wildman–Crippen LogP) is 4.67. The summed E-state index contributed by atoms with van der Waals surface area (Å²) in [5.74, 6) is 0. The van der Waals surface area contributed by atoms with E-state index in [1.807, 2.05) is 48.5 Å². The average Bonchev–Trinajstić information content (AvgIpc) is 2.55. The van der Waals surface area contributed by atoms with Crippen LogP contribution in [0.1, 0.15) is 6.42 Å². The van der Waals surface area contributed by atoms with Crippen molar-refractivity contribution in [3.8, 4) is 11.3 Å². The van der Waals surface area contributed by atoms with Crippen molar-refractivity contribution >= 4 is 16.6 Å². The maximum absolute atomic E-state index is 12.1. The molecule has 0 unspecified atom stereocenters. The molecule has 0 saturated carbocycles. The smallest absolute Gasteiger partial charge is 0.0911 e. The zero-order chi connectivity index (χ0) is 14.5. The summed E-state index contributed by atoms with van der Waals surface area (Å²) in [6.45, 7) is 0.371. The third-order valence-corrected chi connectivity index (χ3v) is 3.42. The minimum Gasteiger partial charge on any atom is -0.385 e. The van der Waals surface area contributed by atoms with Gasteiger partial charge in [0.2, 0.25) is 0 Å². The van der Waals surface area contributed by atoms with Crippen molar-refractivity contribution in [3.05, 3.63) is 60.7 Å². The highest BCUT2D eigenvalue weighted by atomic mass is 19.1. The van der Waals surface area contributed by atoms with Crippen LogP contribution in [0, 0.1) is 0 Å². The topological polar surface area (TPSA) is 24.9 Å². The lowest BCUT2D eigenvalue weighted by atomic mass is 10.1. The second-order valence-electron chi connectivity index (χ2n) is 4.94. The van der Waals surface area contributed by atoms with Crippen LogP contribution < -0.4 is 5.32 Å². The van der Waals surface area contributed by atoms with E-state index in [9.17, 15) is 4.39 Å². The van der Waals surface area contributed by atoms with E-state index in [2.05, 4.69) is 22.4 Å². The first kappa shape index (κ1) is 13.6. The molecule has 21 heavy (non-hydrogen) atoms. The molecule has 106 valence electrons. The third kappa shape index (κ3) is 3.19. The number of alkyl halides is 1. The Bertz CT molecular complexity index is 723. The van der Waals surface area contributed by atoms with E-state index in [0.29, 0.717) is 13.0 Å². The van der Waals surface area contributed by atoms with Crippen molar-refractivity contribution in [1.82, 2.24) is 4.98 Å². The van der Waals surface area contributed by atoms with Gasteiger partial charge < -0.3 is 5.32 Å². The molecular weight excluding hydrogens is 263 g/mol. The fourth-order valence-corrected chi connectivity index (χ4v) is 2.29. The van der Waals surface area contributed by atoms with Crippen LogP contribution in [0.5, 0.6) is 0 Å². The monoisotopic (exact) mass is 280 g/mol. The van der Waals surface area contributed by atoms with Crippen LogP contribution in [0.4, 0.5) is 10.1 Å². The molecule has 0 aliphatic heterocycles. The number of pyridine rings is 1. The number of hydrogen-bond donors (Lipinski definition) is 1. The highest BCUT2D eigenvalue weighted by molar-refractivity contribution is 5.81. The van der Waals surface area contributed by atoms with E-state index < -0.39 is 0 Å². The van der Waals surface area contributed by atoms with E-state index in [1.54, 1.807) is 0 Å². The minimum absolute atomic E-state index is 0.286. The van der Waals surface area contributed by atoms with E-state index in [-0.39, 0.29) is 6.67 Å². The molecule has 0 radical (unpaired) electrons. The fourth-order valence-electron chi connectivity index (χ4n) is 2.29. The largest absolute Gasteiger partial charge is 0.385 e. The molecule has 0 aliphatic rings. The third-order valence-electron chi connectivity index (χ3n) is 3.42. The van der Waals surface area contributed by atoms with Gasteiger partial charge in [-0.2, -0.15) is 0 Å². The van der Waals surface area contributed by atoms with Gasteiger partial charge in [0.1, 0.15) is 0 Å². The SMILES string of the molecule is FCCCNc1ccc(-c2ccc3ccccc3n2)cc1. The van der Waals surface area contributed by atoms with Gasteiger partial charge in [0.15, 0.2) is 0 Å². The molecule has 0 saturated heterocycles. The standard InChI is InChI=1S/C18H17FN2/c19-12-3-13-20-16-9-6-15(7-10-16)18-11-8-14-4-1-2-5-17(14)21-18/h1-2,4-11,20H,3,12-13H2. The summed E-state index contributed by atoms with van der Waals surface area (Å²) in [6.07, 6.45) is 0.536. The normalized spacial score (nSPS) is 10.7. The molecule has 0 bridgehead atoms. The van der Waals surface area contributed by atoms with Crippen molar-refractivity contribution in [2.24, 2.45) is 0 Å². The lowest BCUT2D eigenvalue weighted by Gasteiger charge is -2.07. The van der Waals surface area contributed by atoms with Gasteiger partial charge in [0, 0.05) is 23.2 Å². The Balaban J connectivity index is 1.81. The molecule has 1 N–H and O–H groups in total. The van der Waals surface area contributed by atoms with Gasteiger partial charge in [0.05, 0.1) is 17.9 Å². The van der Waals surface area contributed by atoms with Crippen molar-refractivity contribution in [3.63, 3.8) is 0 Å². The first-order valence-electron chi connectivity index (χ1n) is 7.13. The van der Waals surface area contributed by atoms with Crippen LogP contribution in [0.2, 0.25) is 0 Å². The first-order valence-corrected chi connectivity index (χ1v) is 7.13. The maximum Gasteiger partial charge on any atom is 0.0911 e. The van der Waals surface area contributed by atoms with Crippen LogP contribution in [-0.4, -0.2) is 18.2 Å². The average molecular weight is 280 g/mol. The second-order valence-corrected chi connectivity index (χ2v) is 4.94. The Morgan fingerprint density at radius 1 is 0.905 bits per heavy atom. The molecule has 0 fully saturated rings. The van der Waals surface area contributed by atoms with Crippen molar-refractivity contribution < 1.29 is 4.39 Å². The summed E-state index contributed by atoms with van der Waals surface area (Å²) in [5, 5.41) is 4.34. The van der Waals surface area contributed by atoms with Crippen LogP contribution in [0.25, 0.3) is 22.2 Å². The van der Waals surface area contributed by atoms with Crippen LogP contribution >= 0.6 is 0 Å².